The quantitative estimate of drug-likeness (QED) is 0.749. The molecule has 0 aromatic rings. The second-order valence-electron chi connectivity index (χ2n) is 7.73. The van der Waals surface area contributed by atoms with Crippen LogP contribution >= 0.6 is 0 Å². The van der Waals surface area contributed by atoms with Crippen LogP contribution in [-0.2, 0) is 14.3 Å². The minimum atomic E-state index is -4.56. The third-order valence-corrected chi connectivity index (χ3v) is 6.03. The molecule has 0 aromatic carbocycles. The molecule has 0 spiro atoms. The first kappa shape index (κ1) is 19.9. The second-order valence-corrected chi connectivity index (χ2v) is 7.73. The van der Waals surface area contributed by atoms with Crippen molar-refractivity contribution in [3.05, 3.63) is 0 Å². The molecule has 3 fully saturated rings. The van der Waals surface area contributed by atoms with Crippen LogP contribution in [0.15, 0.2) is 0 Å². The van der Waals surface area contributed by atoms with E-state index in [4.69, 9.17) is 4.74 Å². The number of alkyl halides is 3. The van der Waals surface area contributed by atoms with Crippen molar-refractivity contribution < 1.29 is 27.4 Å². The van der Waals surface area contributed by atoms with Gasteiger partial charge in [-0.05, 0) is 45.1 Å². The van der Waals surface area contributed by atoms with Crippen molar-refractivity contribution in [2.75, 3.05) is 33.9 Å². The van der Waals surface area contributed by atoms with Gasteiger partial charge in [0.1, 0.15) is 6.04 Å². The molecular formula is C17H28F3N3O3. The smallest absolute Gasteiger partial charge is 0.468 e. The van der Waals surface area contributed by atoms with E-state index in [-0.39, 0.29) is 24.0 Å². The van der Waals surface area contributed by atoms with Crippen molar-refractivity contribution in [1.82, 2.24) is 15.1 Å². The Morgan fingerprint density at radius 3 is 2.54 bits per heavy atom. The monoisotopic (exact) mass is 379 g/mol. The van der Waals surface area contributed by atoms with E-state index in [0.717, 1.165) is 19.8 Å². The van der Waals surface area contributed by atoms with Crippen LogP contribution in [-0.4, -0.2) is 80.3 Å². The highest BCUT2D eigenvalue weighted by atomic mass is 19.4. The molecule has 0 aromatic heterocycles. The van der Waals surface area contributed by atoms with E-state index in [1.54, 1.807) is 0 Å². The van der Waals surface area contributed by atoms with E-state index in [9.17, 15) is 18.0 Å². The molecule has 2 aliphatic heterocycles. The number of nitrogens with zero attached hydrogens (tertiary/aromatic N) is 2. The molecule has 6 nitrogen and oxygen atoms in total. The van der Waals surface area contributed by atoms with Gasteiger partial charge in [0.25, 0.3) is 0 Å². The molecule has 1 saturated carbocycles. The number of esters is 1. The van der Waals surface area contributed by atoms with Gasteiger partial charge in [0.2, 0.25) is 0 Å². The van der Waals surface area contributed by atoms with Gasteiger partial charge in [-0.2, -0.15) is 0 Å². The second kappa shape index (κ2) is 8.00. The van der Waals surface area contributed by atoms with Gasteiger partial charge in [0.05, 0.1) is 13.2 Å². The zero-order chi connectivity index (χ0) is 18.9. The molecule has 0 bridgehead atoms. The molecule has 0 amide bonds. The van der Waals surface area contributed by atoms with Crippen LogP contribution in [0.2, 0.25) is 0 Å². The van der Waals surface area contributed by atoms with Crippen LogP contribution in [0.1, 0.15) is 32.1 Å². The van der Waals surface area contributed by atoms with Gasteiger partial charge in [-0.15, -0.1) is 13.2 Å². The van der Waals surface area contributed by atoms with Crippen molar-refractivity contribution in [1.29, 1.82) is 0 Å². The molecule has 26 heavy (non-hydrogen) atoms. The Labute approximate surface area is 152 Å². The molecule has 3 aliphatic rings. The summed E-state index contributed by atoms with van der Waals surface area (Å²) in [6, 6.07) is 0.335. The predicted octanol–water partition coefficient (Wildman–Crippen LogP) is 1.56. The maximum absolute atomic E-state index is 12.4. The summed E-state index contributed by atoms with van der Waals surface area (Å²) < 4.78 is 46.2. The van der Waals surface area contributed by atoms with Crippen LogP contribution in [0.25, 0.3) is 0 Å². The highest BCUT2D eigenvalue weighted by Crippen LogP contribution is 2.33. The van der Waals surface area contributed by atoms with Gasteiger partial charge in [0.15, 0.2) is 0 Å². The molecule has 2 saturated heterocycles. The molecule has 3 atom stereocenters. The van der Waals surface area contributed by atoms with Gasteiger partial charge >= 0.3 is 12.3 Å². The van der Waals surface area contributed by atoms with E-state index >= 15 is 0 Å². The van der Waals surface area contributed by atoms with Crippen molar-refractivity contribution in [2.24, 2.45) is 5.92 Å². The number of hydrogen-bond donors (Lipinski definition) is 1. The Kier molecular flexibility index (Phi) is 6.11. The zero-order valence-corrected chi connectivity index (χ0v) is 15.3. The third kappa shape index (κ3) is 4.68. The minimum Gasteiger partial charge on any atom is -0.468 e. The minimum absolute atomic E-state index is 0.228. The standard InChI is InChI=1S/C17H28F3N3O3/c1-22-10-21-13-7-14(16(24)25-2)23(9-15(13)22)8-11-3-5-12(6-4-11)26-17(18,19)20/h11-15,21H,3-10H2,1-2H3. The number of halogens is 3. The first-order valence-electron chi connectivity index (χ1n) is 9.27. The fourth-order valence-corrected chi connectivity index (χ4v) is 4.62. The van der Waals surface area contributed by atoms with Crippen molar-refractivity contribution in [2.45, 2.75) is 62.7 Å². The van der Waals surface area contributed by atoms with Gasteiger partial charge in [-0.1, -0.05) is 0 Å². The van der Waals surface area contributed by atoms with Crippen LogP contribution in [0, 0.1) is 5.92 Å². The fourth-order valence-electron chi connectivity index (χ4n) is 4.62. The molecule has 1 N–H and O–H groups in total. The Morgan fingerprint density at radius 2 is 1.92 bits per heavy atom. The van der Waals surface area contributed by atoms with Crippen LogP contribution < -0.4 is 5.32 Å². The number of carbonyl (C=O) groups is 1. The lowest BCUT2D eigenvalue weighted by molar-refractivity contribution is -0.345. The van der Waals surface area contributed by atoms with Crippen molar-refractivity contribution in [3.63, 3.8) is 0 Å². The van der Waals surface area contributed by atoms with Gasteiger partial charge in [-0.3, -0.25) is 24.6 Å². The average Bonchev–Trinajstić information content (AvgIpc) is 2.94. The first-order chi connectivity index (χ1) is 12.3. The number of hydrogen-bond acceptors (Lipinski definition) is 6. The summed E-state index contributed by atoms with van der Waals surface area (Å²) in [5, 5.41) is 3.44. The van der Waals surface area contributed by atoms with Crippen LogP contribution in [0.5, 0.6) is 0 Å². The Morgan fingerprint density at radius 1 is 1.23 bits per heavy atom. The summed E-state index contributed by atoms with van der Waals surface area (Å²) >= 11 is 0. The normalized spacial score (nSPS) is 36.7. The molecule has 3 rings (SSSR count). The summed E-state index contributed by atoms with van der Waals surface area (Å²) in [5.74, 6) is 0.0559. The molecule has 9 heteroatoms. The Balaban J connectivity index is 1.57. The van der Waals surface area contributed by atoms with Crippen LogP contribution in [0.4, 0.5) is 13.2 Å². The Hall–Kier alpha value is -0.900. The lowest BCUT2D eigenvalue weighted by Crippen LogP contribution is -2.59. The van der Waals surface area contributed by atoms with Gasteiger partial charge in [0, 0.05) is 31.8 Å². The van der Waals surface area contributed by atoms with E-state index in [1.807, 2.05) is 0 Å². The maximum Gasteiger partial charge on any atom is 0.522 e. The SMILES string of the molecule is COC(=O)C1CC2NCN(C)C2CN1CC1CCC(OC(F)(F)F)CC1. The van der Waals surface area contributed by atoms with Crippen molar-refractivity contribution >= 4 is 5.97 Å². The molecule has 0 radical (unpaired) electrons. The summed E-state index contributed by atoms with van der Waals surface area (Å²) in [7, 11) is 3.47. The lowest BCUT2D eigenvalue weighted by Gasteiger charge is -2.43. The Bertz CT molecular complexity index is 497. The highest BCUT2D eigenvalue weighted by molar-refractivity contribution is 5.76. The maximum atomic E-state index is 12.4. The van der Waals surface area contributed by atoms with E-state index < -0.39 is 12.5 Å². The number of piperidine rings is 1. The number of rotatable bonds is 4. The highest BCUT2D eigenvalue weighted by Gasteiger charge is 2.44. The topological polar surface area (TPSA) is 54.0 Å². The lowest BCUT2D eigenvalue weighted by atomic mass is 9.85. The van der Waals surface area contributed by atoms with E-state index in [1.165, 1.54) is 7.11 Å². The van der Waals surface area contributed by atoms with Crippen LogP contribution in [0.3, 0.4) is 0 Å². The average molecular weight is 379 g/mol. The summed E-state index contributed by atoms with van der Waals surface area (Å²) in [6.07, 6.45) is -2.40. The molecular weight excluding hydrogens is 351 g/mol. The first-order valence-corrected chi connectivity index (χ1v) is 9.27. The summed E-state index contributed by atoms with van der Waals surface area (Å²) in [4.78, 5) is 16.7. The molecule has 2 heterocycles. The fraction of sp³-hybridized carbons (Fsp3) is 0.941. The molecule has 1 aliphatic carbocycles. The summed E-state index contributed by atoms with van der Waals surface area (Å²) in [6.45, 7) is 2.29. The number of fused-ring (bicyclic) bond motifs is 1. The number of carbonyl (C=O) groups excluding carboxylic acids is 1. The number of methoxy groups -OCH3 is 1. The molecule has 150 valence electrons. The van der Waals surface area contributed by atoms with Gasteiger partial charge < -0.3 is 4.74 Å². The predicted molar refractivity (Wildman–Crippen MR) is 88.2 cm³/mol. The third-order valence-electron chi connectivity index (χ3n) is 6.03. The largest absolute Gasteiger partial charge is 0.522 e. The van der Waals surface area contributed by atoms with E-state index in [2.05, 4.69) is 26.9 Å². The van der Waals surface area contributed by atoms with E-state index in [0.29, 0.717) is 38.1 Å². The van der Waals surface area contributed by atoms with Crippen molar-refractivity contribution in [3.8, 4) is 0 Å². The summed E-state index contributed by atoms with van der Waals surface area (Å²) in [5.41, 5.74) is 0. The number of likely N-dealkylation sites (N-methyl/N-ethyl adjacent to an activating group) is 1. The number of nitrogens with one attached hydrogen (secondary N) is 1. The van der Waals surface area contributed by atoms with Gasteiger partial charge in [-0.25, -0.2) is 0 Å². The zero-order valence-electron chi connectivity index (χ0n) is 15.3. The molecule has 3 unspecified atom stereocenters. The number of likely N-dealkylation sites (tertiary alicyclic amines) is 1. The number of ether oxygens (including phenoxy) is 2.